The molecule has 1 heterocycles. The van der Waals surface area contributed by atoms with E-state index >= 15 is 0 Å². The maximum atomic E-state index is 13.6. The van der Waals surface area contributed by atoms with E-state index in [4.69, 9.17) is 5.11 Å². The predicted molar refractivity (Wildman–Crippen MR) is 61.3 cm³/mol. The normalized spacial score (nSPS) is 14.8. The number of nitrogens with zero attached hydrogens (tertiary/aromatic N) is 4. The Morgan fingerprint density at radius 1 is 1.40 bits per heavy atom. The quantitative estimate of drug-likeness (QED) is 0.852. The van der Waals surface area contributed by atoms with Crippen LogP contribution in [0.5, 0.6) is 0 Å². The minimum Gasteiger partial charge on any atom is -0.477 e. The summed E-state index contributed by atoms with van der Waals surface area (Å²) in [7, 11) is 0. The lowest BCUT2D eigenvalue weighted by molar-refractivity contribution is -0.207. The summed E-state index contributed by atoms with van der Waals surface area (Å²) in [5.74, 6) is -6.75. The Kier molecular flexibility index (Phi) is 3.22. The molecule has 1 aromatic heterocycles. The first kappa shape index (κ1) is 14.0. The van der Waals surface area contributed by atoms with Gasteiger partial charge in [-0.3, -0.25) is 0 Å². The van der Waals surface area contributed by atoms with Gasteiger partial charge in [-0.05, 0) is 35.0 Å². The molecule has 0 aliphatic rings. The summed E-state index contributed by atoms with van der Waals surface area (Å²) >= 11 is 0. The van der Waals surface area contributed by atoms with Gasteiger partial charge in [0.15, 0.2) is 5.60 Å². The van der Waals surface area contributed by atoms with Crippen LogP contribution < -0.4 is 0 Å². The maximum Gasteiger partial charge on any atom is 0.378 e. The maximum absolute atomic E-state index is 13.6. The van der Waals surface area contributed by atoms with E-state index in [-0.39, 0.29) is 5.56 Å². The SMILES string of the molecule is CC(O)(c1cccc(-n2cnnn2)c1)C(F)(F)C(=O)O. The van der Waals surface area contributed by atoms with Crippen LogP contribution in [0.1, 0.15) is 12.5 Å². The Morgan fingerprint density at radius 3 is 2.65 bits per heavy atom. The molecule has 0 saturated carbocycles. The van der Waals surface area contributed by atoms with Crippen molar-refractivity contribution in [3.05, 3.63) is 36.2 Å². The van der Waals surface area contributed by atoms with E-state index in [2.05, 4.69) is 15.5 Å². The second-order valence-electron chi connectivity index (χ2n) is 4.26. The zero-order chi connectivity index (χ0) is 15.0. The summed E-state index contributed by atoms with van der Waals surface area (Å²) in [5, 5.41) is 28.8. The second-order valence-corrected chi connectivity index (χ2v) is 4.26. The molecule has 1 atom stereocenters. The largest absolute Gasteiger partial charge is 0.477 e. The Labute approximate surface area is 111 Å². The van der Waals surface area contributed by atoms with E-state index < -0.39 is 17.5 Å². The molecular weight excluding hydrogens is 274 g/mol. The molecule has 0 fully saturated rings. The van der Waals surface area contributed by atoms with Crippen LogP contribution in [0.4, 0.5) is 8.78 Å². The summed E-state index contributed by atoms with van der Waals surface area (Å²) in [4.78, 5) is 10.6. The molecule has 1 unspecified atom stereocenters. The Morgan fingerprint density at radius 2 is 2.10 bits per heavy atom. The lowest BCUT2D eigenvalue weighted by atomic mass is 9.89. The molecule has 0 spiro atoms. The summed E-state index contributed by atoms with van der Waals surface area (Å²) < 4.78 is 28.4. The van der Waals surface area contributed by atoms with Crippen molar-refractivity contribution >= 4 is 5.97 Å². The molecule has 106 valence electrons. The van der Waals surface area contributed by atoms with Crippen molar-refractivity contribution in [3.8, 4) is 5.69 Å². The van der Waals surface area contributed by atoms with Crippen molar-refractivity contribution in [3.63, 3.8) is 0 Å². The van der Waals surface area contributed by atoms with Gasteiger partial charge in [-0.25, -0.2) is 9.48 Å². The van der Waals surface area contributed by atoms with Gasteiger partial charge in [0.1, 0.15) is 6.33 Å². The fourth-order valence-corrected chi connectivity index (χ4v) is 1.62. The van der Waals surface area contributed by atoms with E-state index in [0.29, 0.717) is 5.69 Å². The average molecular weight is 284 g/mol. The topological polar surface area (TPSA) is 101 Å². The number of aliphatic carboxylic acids is 1. The van der Waals surface area contributed by atoms with E-state index in [1.807, 2.05) is 0 Å². The number of carbonyl (C=O) groups is 1. The number of carboxylic acid groups (broad SMARTS) is 1. The first-order valence-corrected chi connectivity index (χ1v) is 5.44. The zero-order valence-electron chi connectivity index (χ0n) is 10.2. The molecule has 20 heavy (non-hydrogen) atoms. The molecule has 0 radical (unpaired) electrons. The van der Waals surface area contributed by atoms with Crippen LogP contribution in [-0.2, 0) is 10.4 Å². The van der Waals surface area contributed by atoms with E-state index in [0.717, 1.165) is 6.92 Å². The van der Waals surface area contributed by atoms with Crippen molar-refractivity contribution in [1.82, 2.24) is 20.2 Å². The molecule has 2 N–H and O–H groups in total. The number of hydrogen-bond acceptors (Lipinski definition) is 5. The van der Waals surface area contributed by atoms with E-state index in [1.165, 1.54) is 35.3 Å². The molecule has 7 nitrogen and oxygen atoms in total. The van der Waals surface area contributed by atoms with Crippen LogP contribution >= 0.6 is 0 Å². The van der Waals surface area contributed by atoms with Gasteiger partial charge in [0.2, 0.25) is 0 Å². The number of rotatable bonds is 4. The average Bonchev–Trinajstić information content (AvgIpc) is 2.92. The number of tetrazole rings is 1. The first-order chi connectivity index (χ1) is 9.26. The summed E-state index contributed by atoms with van der Waals surface area (Å²) in [6.07, 6.45) is 1.24. The van der Waals surface area contributed by atoms with Gasteiger partial charge in [-0.15, -0.1) is 5.10 Å². The van der Waals surface area contributed by atoms with Crippen LogP contribution in [0.2, 0.25) is 0 Å². The Balaban J connectivity index is 2.48. The number of carboxylic acids is 1. The number of aliphatic hydroxyl groups is 1. The lowest BCUT2D eigenvalue weighted by Gasteiger charge is -2.29. The highest BCUT2D eigenvalue weighted by atomic mass is 19.3. The van der Waals surface area contributed by atoms with Crippen LogP contribution in [0, 0.1) is 0 Å². The van der Waals surface area contributed by atoms with Crippen molar-refractivity contribution in [1.29, 1.82) is 0 Å². The summed E-state index contributed by atoms with van der Waals surface area (Å²) in [6, 6.07) is 5.30. The molecule has 0 bridgehead atoms. The van der Waals surface area contributed by atoms with Crippen LogP contribution in [0.25, 0.3) is 5.69 Å². The number of halogens is 2. The van der Waals surface area contributed by atoms with Gasteiger partial charge in [0, 0.05) is 0 Å². The number of hydrogen-bond donors (Lipinski definition) is 2. The van der Waals surface area contributed by atoms with E-state index in [1.54, 1.807) is 0 Å². The molecule has 0 amide bonds. The summed E-state index contributed by atoms with van der Waals surface area (Å²) in [6.45, 7) is 0.736. The Hall–Kier alpha value is -2.42. The van der Waals surface area contributed by atoms with E-state index in [9.17, 15) is 18.7 Å². The molecule has 0 aliphatic carbocycles. The molecule has 2 rings (SSSR count). The van der Waals surface area contributed by atoms with Crippen LogP contribution in [-0.4, -0.2) is 42.3 Å². The highest BCUT2D eigenvalue weighted by Gasteiger charge is 2.57. The molecule has 0 aliphatic heterocycles. The smallest absolute Gasteiger partial charge is 0.378 e. The van der Waals surface area contributed by atoms with Gasteiger partial charge >= 0.3 is 11.9 Å². The number of aromatic nitrogens is 4. The molecule has 0 saturated heterocycles. The number of benzene rings is 1. The molecule has 1 aromatic carbocycles. The van der Waals surface area contributed by atoms with Gasteiger partial charge in [-0.2, -0.15) is 8.78 Å². The van der Waals surface area contributed by atoms with Crippen molar-refractivity contribution in [2.24, 2.45) is 0 Å². The first-order valence-electron chi connectivity index (χ1n) is 5.44. The van der Waals surface area contributed by atoms with Gasteiger partial charge in [-0.1, -0.05) is 12.1 Å². The van der Waals surface area contributed by atoms with Crippen molar-refractivity contribution < 1.29 is 23.8 Å². The predicted octanol–water partition coefficient (Wildman–Crippen LogP) is 0.590. The monoisotopic (exact) mass is 284 g/mol. The highest BCUT2D eigenvalue weighted by Crippen LogP contribution is 2.38. The lowest BCUT2D eigenvalue weighted by Crippen LogP contribution is -2.48. The summed E-state index contributed by atoms with van der Waals surface area (Å²) in [5.41, 5.74) is -2.82. The van der Waals surface area contributed by atoms with Gasteiger partial charge in [0.25, 0.3) is 0 Å². The highest BCUT2D eigenvalue weighted by molar-refractivity contribution is 5.77. The van der Waals surface area contributed by atoms with Gasteiger partial charge in [0.05, 0.1) is 5.69 Å². The third-order valence-corrected chi connectivity index (χ3v) is 2.90. The van der Waals surface area contributed by atoms with Crippen LogP contribution in [0.3, 0.4) is 0 Å². The van der Waals surface area contributed by atoms with Crippen LogP contribution in [0.15, 0.2) is 30.6 Å². The minimum atomic E-state index is -4.34. The fourth-order valence-electron chi connectivity index (χ4n) is 1.62. The van der Waals surface area contributed by atoms with Crippen molar-refractivity contribution in [2.45, 2.75) is 18.4 Å². The third-order valence-electron chi connectivity index (χ3n) is 2.90. The van der Waals surface area contributed by atoms with Crippen molar-refractivity contribution in [2.75, 3.05) is 0 Å². The molecule has 9 heteroatoms. The Bertz CT molecular complexity index is 628. The standard InChI is InChI=1S/C11H10F2N4O3/c1-10(20,11(12,13)9(18)19)7-3-2-4-8(5-7)17-6-14-15-16-17/h2-6,20H,1H3,(H,18,19). The second kappa shape index (κ2) is 4.60. The minimum absolute atomic E-state index is 0.266. The fraction of sp³-hybridized carbons (Fsp3) is 0.273. The zero-order valence-corrected chi connectivity index (χ0v) is 10.2. The molecule has 2 aromatic rings. The number of alkyl halides is 2. The van der Waals surface area contributed by atoms with Gasteiger partial charge < -0.3 is 10.2 Å². The molecular formula is C11H10F2N4O3. The third kappa shape index (κ3) is 2.11.